The van der Waals surface area contributed by atoms with Crippen LogP contribution in [0.5, 0.6) is 11.5 Å². The molecule has 0 aromatic heterocycles. The highest BCUT2D eigenvalue weighted by Gasteiger charge is 2.32. The molecule has 0 radical (unpaired) electrons. The molecule has 1 atom stereocenters. The quantitative estimate of drug-likeness (QED) is 0.779. The van der Waals surface area contributed by atoms with Crippen LogP contribution in [0, 0.1) is 5.92 Å². The van der Waals surface area contributed by atoms with Crippen LogP contribution < -0.4 is 14.8 Å². The summed E-state index contributed by atoms with van der Waals surface area (Å²) in [5.41, 5.74) is 0. The van der Waals surface area contributed by atoms with Crippen LogP contribution in [0.2, 0.25) is 0 Å². The molecule has 0 bridgehead atoms. The number of rotatable bonds is 7. The molecule has 1 rings (SSSR count). The molecule has 20 heavy (non-hydrogen) atoms. The van der Waals surface area contributed by atoms with Crippen molar-refractivity contribution in [1.82, 2.24) is 5.32 Å². The van der Waals surface area contributed by atoms with Crippen LogP contribution in [0.15, 0.2) is 24.3 Å². The van der Waals surface area contributed by atoms with E-state index in [0.29, 0.717) is 18.5 Å². The van der Waals surface area contributed by atoms with Gasteiger partial charge in [-0.2, -0.15) is 0 Å². The fourth-order valence-corrected chi connectivity index (χ4v) is 1.46. The molecule has 0 heterocycles. The van der Waals surface area contributed by atoms with Gasteiger partial charge in [-0.3, -0.25) is 0 Å². The maximum Gasteiger partial charge on any atom is 0.573 e. The molecule has 114 valence electrons. The van der Waals surface area contributed by atoms with E-state index < -0.39 is 6.36 Å². The van der Waals surface area contributed by atoms with Crippen LogP contribution in [0.3, 0.4) is 0 Å². The molecular weight excluding hydrogens is 271 g/mol. The highest BCUT2D eigenvalue weighted by molar-refractivity contribution is 5.39. The Morgan fingerprint density at radius 3 is 2.25 bits per heavy atom. The SMILES string of the molecule is CC(C)C(C)NCCOc1ccccc1OC(F)(F)F. The minimum absolute atomic E-state index is 0.0869. The molecule has 1 unspecified atom stereocenters. The number of hydrogen-bond acceptors (Lipinski definition) is 3. The van der Waals surface area contributed by atoms with E-state index in [1.54, 1.807) is 6.07 Å². The van der Waals surface area contributed by atoms with E-state index in [2.05, 4.69) is 23.9 Å². The lowest BCUT2D eigenvalue weighted by molar-refractivity contribution is -0.275. The Bertz CT molecular complexity index is 408. The molecular formula is C14H20F3NO2. The largest absolute Gasteiger partial charge is 0.573 e. The van der Waals surface area contributed by atoms with Gasteiger partial charge in [0, 0.05) is 12.6 Å². The van der Waals surface area contributed by atoms with Gasteiger partial charge in [0.25, 0.3) is 0 Å². The summed E-state index contributed by atoms with van der Waals surface area (Å²) < 4.78 is 45.9. The van der Waals surface area contributed by atoms with Gasteiger partial charge in [0.1, 0.15) is 6.61 Å². The third kappa shape index (κ3) is 6.14. The van der Waals surface area contributed by atoms with Crippen molar-refractivity contribution < 1.29 is 22.6 Å². The minimum Gasteiger partial charge on any atom is -0.488 e. The van der Waals surface area contributed by atoms with Crippen molar-refractivity contribution in [1.29, 1.82) is 0 Å². The monoisotopic (exact) mass is 291 g/mol. The Kier molecular flexibility index (Phi) is 6.13. The van der Waals surface area contributed by atoms with Crippen LogP contribution in [0.1, 0.15) is 20.8 Å². The lowest BCUT2D eigenvalue weighted by atomic mass is 10.1. The molecule has 1 aromatic carbocycles. The third-order valence-corrected chi connectivity index (χ3v) is 2.90. The highest BCUT2D eigenvalue weighted by atomic mass is 19.4. The van der Waals surface area contributed by atoms with Crippen LogP contribution in [0.4, 0.5) is 13.2 Å². The van der Waals surface area contributed by atoms with Crippen molar-refractivity contribution in [2.45, 2.75) is 33.2 Å². The lowest BCUT2D eigenvalue weighted by Gasteiger charge is -2.18. The standard InChI is InChI=1S/C14H20F3NO2/c1-10(2)11(3)18-8-9-19-12-6-4-5-7-13(12)20-14(15,16)17/h4-7,10-11,18H,8-9H2,1-3H3. The van der Waals surface area contributed by atoms with E-state index in [4.69, 9.17) is 4.74 Å². The normalized spacial score (nSPS) is 13.3. The maximum absolute atomic E-state index is 12.2. The van der Waals surface area contributed by atoms with Gasteiger partial charge >= 0.3 is 6.36 Å². The number of ether oxygens (including phenoxy) is 2. The van der Waals surface area contributed by atoms with Gasteiger partial charge in [-0.25, -0.2) is 0 Å². The summed E-state index contributed by atoms with van der Waals surface area (Å²) in [4.78, 5) is 0. The molecule has 0 aliphatic rings. The highest BCUT2D eigenvalue weighted by Crippen LogP contribution is 2.31. The van der Waals surface area contributed by atoms with Gasteiger partial charge in [0.2, 0.25) is 0 Å². The van der Waals surface area contributed by atoms with E-state index in [1.807, 2.05) is 6.92 Å². The van der Waals surface area contributed by atoms with E-state index >= 15 is 0 Å². The Morgan fingerprint density at radius 1 is 1.10 bits per heavy atom. The van der Waals surface area contributed by atoms with Crippen LogP contribution in [-0.4, -0.2) is 25.6 Å². The number of benzene rings is 1. The number of hydrogen-bond donors (Lipinski definition) is 1. The van der Waals surface area contributed by atoms with Crippen molar-refractivity contribution in [3.8, 4) is 11.5 Å². The number of nitrogens with one attached hydrogen (secondary N) is 1. The fraction of sp³-hybridized carbons (Fsp3) is 0.571. The summed E-state index contributed by atoms with van der Waals surface area (Å²) in [7, 11) is 0. The zero-order chi connectivity index (χ0) is 15.2. The van der Waals surface area contributed by atoms with Gasteiger partial charge in [-0.1, -0.05) is 26.0 Å². The first-order valence-electron chi connectivity index (χ1n) is 6.50. The van der Waals surface area contributed by atoms with Gasteiger partial charge < -0.3 is 14.8 Å². The van der Waals surface area contributed by atoms with Crippen molar-refractivity contribution in [2.75, 3.05) is 13.2 Å². The minimum atomic E-state index is -4.72. The van der Waals surface area contributed by atoms with Crippen molar-refractivity contribution in [3.05, 3.63) is 24.3 Å². The second-order valence-electron chi connectivity index (χ2n) is 4.83. The molecule has 0 aliphatic heterocycles. The Labute approximate surface area is 117 Å². The van der Waals surface area contributed by atoms with Crippen LogP contribution >= 0.6 is 0 Å². The first-order chi connectivity index (χ1) is 9.29. The predicted molar refractivity (Wildman–Crippen MR) is 70.9 cm³/mol. The number of alkyl halides is 3. The molecule has 1 aromatic rings. The molecule has 3 nitrogen and oxygen atoms in total. The molecule has 0 saturated carbocycles. The Morgan fingerprint density at radius 2 is 1.70 bits per heavy atom. The molecule has 0 saturated heterocycles. The summed E-state index contributed by atoms with van der Waals surface area (Å²) in [5, 5.41) is 3.23. The smallest absolute Gasteiger partial charge is 0.488 e. The van der Waals surface area contributed by atoms with Gasteiger partial charge in [0.05, 0.1) is 0 Å². The third-order valence-electron chi connectivity index (χ3n) is 2.90. The Hall–Kier alpha value is -1.43. The van der Waals surface area contributed by atoms with Crippen molar-refractivity contribution in [3.63, 3.8) is 0 Å². The zero-order valence-corrected chi connectivity index (χ0v) is 11.8. The van der Waals surface area contributed by atoms with E-state index in [1.165, 1.54) is 18.2 Å². The second-order valence-corrected chi connectivity index (χ2v) is 4.83. The summed E-state index contributed by atoms with van der Waals surface area (Å²) in [6.07, 6.45) is -4.72. The summed E-state index contributed by atoms with van der Waals surface area (Å²) >= 11 is 0. The van der Waals surface area contributed by atoms with Gasteiger partial charge in [-0.15, -0.1) is 13.2 Å². The first-order valence-corrected chi connectivity index (χ1v) is 6.50. The first kappa shape index (κ1) is 16.6. The van der Waals surface area contributed by atoms with Crippen molar-refractivity contribution >= 4 is 0 Å². The molecule has 0 spiro atoms. The number of para-hydroxylation sites is 2. The molecule has 0 amide bonds. The topological polar surface area (TPSA) is 30.5 Å². The van der Waals surface area contributed by atoms with E-state index in [9.17, 15) is 13.2 Å². The fourth-order valence-electron chi connectivity index (χ4n) is 1.46. The van der Waals surface area contributed by atoms with E-state index in [0.717, 1.165) is 0 Å². The average Bonchev–Trinajstić information content (AvgIpc) is 2.34. The summed E-state index contributed by atoms with van der Waals surface area (Å²) in [5.74, 6) is 0.247. The molecule has 0 fully saturated rings. The predicted octanol–water partition coefficient (Wildman–Crippen LogP) is 3.60. The summed E-state index contributed by atoms with van der Waals surface area (Å²) in [6, 6.07) is 6.07. The van der Waals surface area contributed by atoms with Crippen LogP contribution in [-0.2, 0) is 0 Å². The van der Waals surface area contributed by atoms with Crippen LogP contribution in [0.25, 0.3) is 0 Å². The lowest BCUT2D eigenvalue weighted by Crippen LogP contribution is -2.33. The Balaban J connectivity index is 2.48. The average molecular weight is 291 g/mol. The summed E-state index contributed by atoms with van der Waals surface area (Å²) in [6.45, 7) is 7.05. The van der Waals surface area contributed by atoms with Gasteiger partial charge in [-0.05, 0) is 25.0 Å². The second kappa shape index (κ2) is 7.38. The molecule has 1 N–H and O–H groups in total. The number of halogens is 3. The maximum atomic E-state index is 12.2. The molecule has 6 heteroatoms. The molecule has 0 aliphatic carbocycles. The van der Waals surface area contributed by atoms with Gasteiger partial charge in [0.15, 0.2) is 11.5 Å². The van der Waals surface area contributed by atoms with Crippen molar-refractivity contribution in [2.24, 2.45) is 5.92 Å². The zero-order valence-electron chi connectivity index (χ0n) is 11.8. The van der Waals surface area contributed by atoms with E-state index in [-0.39, 0.29) is 18.1 Å².